The number of piperazine rings is 1. The summed E-state index contributed by atoms with van der Waals surface area (Å²) in [5.41, 5.74) is 5.58. The first-order chi connectivity index (χ1) is 9.84. The van der Waals surface area contributed by atoms with Crippen LogP contribution >= 0.6 is 0 Å². The molecule has 1 aromatic rings. The Labute approximate surface area is 123 Å². The Morgan fingerprint density at radius 1 is 1.38 bits per heavy atom. The molecule has 8 heteroatoms. The second-order valence-electron chi connectivity index (χ2n) is 4.82. The first-order valence-electron chi connectivity index (χ1n) is 6.47. The maximum absolute atomic E-state index is 12.7. The molecule has 0 spiro atoms. The van der Waals surface area contributed by atoms with Crippen molar-refractivity contribution in [2.75, 3.05) is 19.6 Å². The van der Waals surface area contributed by atoms with Crippen molar-refractivity contribution in [1.82, 2.24) is 9.62 Å². The Bertz CT molecular complexity index is 672. The Kier molecular flexibility index (Phi) is 4.40. The SMILES string of the molecule is CC(=O)c1cccc(S(=O)(=O)N2CCNCC2C(N)=O)c1. The molecule has 1 saturated heterocycles. The van der Waals surface area contributed by atoms with Crippen molar-refractivity contribution in [2.24, 2.45) is 5.73 Å². The Morgan fingerprint density at radius 2 is 2.10 bits per heavy atom. The van der Waals surface area contributed by atoms with Crippen LogP contribution in [0.1, 0.15) is 17.3 Å². The van der Waals surface area contributed by atoms with Crippen LogP contribution in [0, 0.1) is 0 Å². The summed E-state index contributed by atoms with van der Waals surface area (Å²) in [6.07, 6.45) is 0. The first kappa shape index (κ1) is 15.6. The second-order valence-corrected chi connectivity index (χ2v) is 6.71. The lowest BCUT2D eigenvalue weighted by Crippen LogP contribution is -2.58. The Hall–Kier alpha value is -1.77. The fraction of sp³-hybridized carbons (Fsp3) is 0.385. The van der Waals surface area contributed by atoms with E-state index in [0.29, 0.717) is 12.1 Å². The molecular weight excluding hydrogens is 294 g/mol. The minimum absolute atomic E-state index is 0.0108. The van der Waals surface area contributed by atoms with Crippen molar-refractivity contribution >= 4 is 21.7 Å². The molecule has 1 amide bonds. The molecule has 1 heterocycles. The van der Waals surface area contributed by atoms with Crippen LogP contribution in [0.3, 0.4) is 0 Å². The summed E-state index contributed by atoms with van der Waals surface area (Å²) < 4.78 is 26.4. The number of ketones is 1. The van der Waals surface area contributed by atoms with Gasteiger partial charge in [-0.3, -0.25) is 9.59 Å². The second kappa shape index (κ2) is 5.92. The number of carbonyl (C=O) groups is 2. The molecule has 0 aromatic heterocycles. The van der Waals surface area contributed by atoms with Gasteiger partial charge in [0, 0.05) is 25.2 Å². The summed E-state index contributed by atoms with van der Waals surface area (Å²) in [6, 6.07) is 4.85. The summed E-state index contributed by atoms with van der Waals surface area (Å²) in [4.78, 5) is 22.8. The van der Waals surface area contributed by atoms with E-state index in [-0.39, 0.29) is 23.8 Å². The van der Waals surface area contributed by atoms with Crippen molar-refractivity contribution in [3.05, 3.63) is 29.8 Å². The molecule has 21 heavy (non-hydrogen) atoms. The van der Waals surface area contributed by atoms with Crippen LogP contribution in [-0.4, -0.2) is 50.1 Å². The average molecular weight is 311 g/mol. The van der Waals surface area contributed by atoms with Gasteiger partial charge in [-0.25, -0.2) is 8.42 Å². The largest absolute Gasteiger partial charge is 0.368 e. The quantitative estimate of drug-likeness (QED) is 0.717. The van der Waals surface area contributed by atoms with E-state index < -0.39 is 22.0 Å². The van der Waals surface area contributed by atoms with Crippen molar-refractivity contribution in [3.63, 3.8) is 0 Å². The number of carbonyl (C=O) groups excluding carboxylic acids is 2. The van der Waals surface area contributed by atoms with E-state index in [2.05, 4.69) is 5.32 Å². The molecule has 1 aliphatic rings. The Morgan fingerprint density at radius 3 is 2.71 bits per heavy atom. The van der Waals surface area contributed by atoms with Gasteiger partial charge in [-0.2, -0.15) is 4.31 Å². The molecule has 1 aliphatic heterocycles. The van der Waals surface area contributed by atoms with Crippen molar-refractivity contribution < 1.29 is 18.0 Å². The van der Waals surface area contributed by atoms with Crippen molar-refractivity contribution in [2.45, 2.75) is 17.9 Å². The van der Waals surface area contributed by atoms with Crippen LogP contribution in [-0.2, 0) is 14.8 Å². The van der Waals surface area contributed by atoms with E-state index >= 15 is 0 Å². The van der Waals surface area contributed by atoms with Gasteiger partial charge in [-0.15, -0.1) is 0 Å². The highest BCUT2D eigenvalue weighted by Gasteiger charge is 2.36. The first-order valence-corrected chi connectivity index (χ1v) is 7.91. The monoisotopic (exact) mass is 311 g/mol. The number of nitrogens with one attached hydrogen (secondary N) is 1. The third kappa shape index (κ3) is 3.12. The number of rotatable bonds is 4. The summed E-state index contributed by atoms with van der Waals surface area (Å²) in [6.45, 7) is 2.14. The van der Waals surface area contributed by atoms with Gasteiger partial charge in [0.1, 0.15) is 6.04 Å². The molecule has 0 saturated carbocycles. The number of sulfonamides is 1. The van der Waals surface area contributed by atoms with E-state index in [1.807, 2.05) is 0 Å². The summed E-state index contributed by atoms with van der Waals surface area (Å²) in [7, 11) is -3.87. The summed E-state index contributed by atoms with van der Waals surface area (Å²) in [5, 5.41) is 2.94. The number of hydrogen-bond acceptors (Lipinski definition) is 5. The van der Waals surface area contributed by atoms with Gasteiger partial charge in [0.05, 0.1) is 4.90 Å². The van der Waals surface area contributed by atoms with Crippen LogP contribution in [0.25, 0.3) is 0 Å². The fourth-order valence-electron chi connectivity index (χ4n) is 2.23. The molecule has 0 radical (unpaired) electrons. The van der Waals surface area contributed by atoms with E-state index in [1.165, 1.54) is 25.1 Å². The van der Waals surface area contributed by atoms with Crippen LogP contribution in [0.2, 0.25) is 0 Å². The third-order valence-electron chi connectivity index (χ3n) is 3.37. The number of nitrogens with zero attached hydrogens (tertiary/aromatic N) is 1. The van der Waals surface area contributed by atoms with E-state index in [9.17, 15) is 18.0 Å². The van der Waals surface area contributed by atoms with Crippen LogP contribution in [0.5, 0.6) is 0 Å². The number of nitrogens with two attached hydrogens (primary N) is 1. The number of primary amides is 1. The lowest BCUT2D eigenvalue weighted by Gasteiger charge is -2.33. The van der Waals surface area contributed by atoms with Crippen molar-refractivity contribution in [3.8, 4) is 0 Å². The smallest absolute Gasteiger partial charge is 0.243 e. The fourth-order valence-corrected chi connectivity index (χ4v) is 3.87. The van der Waals surface area contributed by atoms with E-state index in [0.717, 1.165) is 4.31 Å². The lowest BCUT2D eigenvalue weighted by molar-refractivity contribution is -0.122. The van der Waals surface area contributed by atoms with Crippen LogP contribution in [0.15, 0.2) is 29.2 Å². The van der Waals surface area contributed by atoms with Gasteiger partial charge in [0.2, 0.25) is 15.9 Å². The molecule has 1 unspecified atom stereocenters. The van der Waals surface area contributed by atoms with Gasteiger partial charge in [0.25, 0.3) is 0 Å². The van der Waals surface area contributed by atoms with E-state index in [4.69, 9.17) is 5.73 Å². The Balaban J connectivity index is 2.43. The summed E-state index contributed by atoms with van der Waals surface area (Å²) >= 11 is 0. The highest BCUT2D eigenvalue weighted by Crippen LogP contribution is 2.20. The molecule has 1 fully saturated rings. The number of hydrogen-bond donors (Lipinski definition) is 2. The maximum atomic E-state index is 12.7. The average Bonchev–Trinajstić information content (AvgIpc) is 2.47. The minimum Gasteiger partial charge on any atom is -0.368 e. The molecule has 1 aromatic carbocycles. The molecule has 114 valence electrons. The third-order valence-corrected chi connectivity index (χ3v) is 5.27. The van der Waals surface area contributed by atoms with Crippen LogP contribution < -0.4 is 11.1 Å². The zero-order valence-corrected chi connectivity index (χ0v) is 12.4. The number of Topliss-reactive ketones (excluding diaryl/α,β-unsaturated/α-hetero) is 1. The molecule has 2 rings (SSSR count). The predicted molar refractivity (Wildman–Crippen MR) is 76.2 cm³/mol. The molecule has 1 atom stereocenters. The van der Waals surface area contributed by atoms with Gasteiger partial charge >= 0.3 is 0 Å². The number of amides is 1. The number of benzene rings is 1. The molecule has 0 aliphatic carbocycles. The summed E-state index contributed by atoms with van der Waals surface area (Å²) in [5.74, 6) is -0.924. The van der Waals surface area contributed by atoms with Gasteiger partial charge in [0.15, 0.2) is 5.78 Å². The van der Waals surface area contributed by atoms with E-state index in [1.54, 1.807) is 6.07 Å². The predicted octanol–water partition coefficient (Wildman–Crippen LogP) is -0.663. The molecular formula is C13H17N3O4S. The van der Waals surface area contributed by atoms with Crippen molar-refractivity contribution in [1.29, 1.82) is 0 Å². The highest BCUT2D eigenvalue weighted by atomic mass is 32.2. The zero-order valence-electron chi connectivity index (χ0n) is 11.6. The normalized spacial score (nSPS) is 20.1. The topological polar surface area (TPSA) is 110 Å². The highest BCUT2D eigenvalue weighted by molar-refractivity contribution is 7.89. The van der Waals surface area contributed by atoms with Gasteiger partial charge in [-0.1, -0.05) is 12.1 Å². The zero-order chi connectivity index (χ0) is 15.6. The van der Waals surface area contributed by atoms with Crippen LogP contribution in [0.4, 0.5) is 0 Å². The lowest BCUT2D eigenvalue weighted by atomic mass is 10.2. The standard InChI is InChI=1S/C13H17N3O4S/c1-9(17)10-3-2-4-11(7-10)21(19,20)16-6-5-15-8-12(16)13(14)18/h2-4,7,12,15H,5-6,8H2,1H3,(H2,14,18). The maximum Gasteiger partial charge on any atom is 0.243 e. The van der Waals surface area contributed by atoms with Gasteiger partial charge < -0.3 is 11.1 Å². The molecule has 0 bridgehead atoms. The molecule has 3 N–H and O–H groups in total. The van der Waals surface area contributed by atoms with Gasteiger partial charge in [-0.05, 0) is 19.1 Å². The molecule has 7 nitrogen and oxygen atoms in total. The minimum atomic E-state index is -3.87.